The van der Waals surface area contributed by atoms with E-state index in [-0.39, 0.29) is 6.17 Å². The molecule has 116 valence electrons. The highest BCUT2D eigenvalue weighted by Crippen LogP contribution is 2.18. The van der Waals surface area contributed by atoms with Crippen LogP contribution in [0, 0.1) is 6.92 Å². The highest BCUT2D eigenvalue weighted by molar-refractivity contribution is 6.30. The fraction of sp³-hybridized carbons (Fsp3) is 0.333. The number of nitrogens with zero attached hydrogens (tertiary/aromatic N) is 3. The number of fused-ring (bicyclic) bond motifs is 1. The Morgan fingerprint density at radius 2 is 2.27 bits per heavy atom. The average molecular weight is 319 g/mol. The van der Waals surface area contributed by atoms with E-state index in [0.29, 0.717) is 5.02 Å². The van der Waals surface area contributed by atoms with Crippen LogP contribution in [-0.2, 0) is 0 Å². The predicted molar refractivity (Wildman–Crippen MR) is 89.0 cm³/mol. The first-order valence-corrected chi connectivity index (χ1v) is 7.62. The molecular formula is C15H19ClN6. The maximum atomic E-state index is 6.03. The van der Waals surface area contributed by atoms with Crippen molar-refractivity contribution >= 4 is 23.2 Å². The summed E-state index contributed by atoms with van der Waals surface area (Å²) in [4.78, 5) is 9.18. The van der Waals surface area contributed by atoms with Crippen LogP contribution in [0.1, 0.15) is 12.1 Å². The first-order valence-electron chi connectivity index (χ1n) is 7.24. The van der Waals surface area contributed by atoms with Crippen LogP contribution < -0.4 is 21.5 Å². The lowest BCUT2D eigenvalue weighted by atomic mass is 10.3. The summed E-state index contributed by atoms with van der Waals surface area (Å²) in [7, 11) is 1.94. The Hall–Kier alpha value is -2.05. The second-order valence-corrected chi connectivity index (χ2v) is 5.66. The van der Waals surface area contributed by atoms with E-state index in [2.05, 4.69) is 26.0 Å². The first-order chi connectivity index (χ1) is 10.7. The van der Waals surface area contributed by atoms with Crippen molar-refractivity contribution in [2.75, 3.05) is 24.3 Å². The minimum absolute atomic E-state index is 0.134. The Kier molecular flexibility index (Phi) is 4.31. The molecule has 1 atom stereocenters. The predicted octanol–water partition coefficient (Wildman–Crippen LogP) is 1.98. The molecule has 7 heteroatoms. The van der Waals surface area contributed by atoms with E-state index in [4.69, 9.17) is 11.6 Å². The molecule has 0 aliphatic carbocycles. The second-order valence-electron chi connectivity index (χ2n) is 5.22. The summed E-state index contributed by atoms with van der Waals surface area (Å²) in [6.07, 6.45) is 1.07. The summed E-state index contributed by atoms with van der Waals surface area (Å²) >= 11 is 6.03. The van der Waals surface area contributed by atoms with Crippen molar-refractivity contribution in [3.8, 4) is 0 Å². The van der Waals surface area contributed by atoms with Gasteiger partial charge in [-0.1, -0.05) is 17.7 Å². The maximum Gasteiger partial charge on any atom is 0.225 e. The summed E-state index contributed by atoms with van der Waals surface area (Å²) in [5.74, 6) is 0.780. The molecule has 6 nitrogen and oxygen atoms in total. The largest absolute Gasteiger partial charge is 0.333 e. The van der Waals surface area contributed by atoms with Crippen molar-refractivity contribution in [1.82, 2.24) is 15.0 Å². The Morgan fingerprint density at radius 3 is 3.05 bits per heavy atom. The van der Waals surface area contributed by atoms with Crippen LogP contribution in [0.3, 0.4) is 0 Å². The minimum Gasteiger partial charge on any atom is -0.333 e. The number of anilines is 1. The van der Waals surface area contributed by atoms with Crippen LogP contribution in [0.5, 0.6) is 0 Å². The van der Waals surface area contributed by atoms with Gasteiger partial charge in [0.25, 0.3) is 0 Å². The Balaban J connectivity index is 1.97. The third-order valence-electron chi connectivity index (χ3n) is 3.38. The zero-order valence-electron chi connectivity index (χ0n) is 12.6. The number of hydrogen-bond acceptors (Lipinski definition) is 5. The van der Waals surface area contributed by atoms with E-state index in [9.17, 15) is 0 Å². The minimum atomic E-state index is 0.134. The number of benzene rings is 1. The lowest BCUT2D eigenvalue weighted by molar-refractivity contribution is 0.645. The fourth-order valence-corrected chi connectivity index (χ4v) is 2.55. The van der Waals surface area contributed by atoms with E-state index in [1.54, 1.807) is 0 Å². The van der Waals surface area contributed by atoms with E-state index in [1.165, 1.54) is 0 Å². The van der Waals surface area contributed by atoms with Crippen LogP contribution >= 0.6 is 11.6 Å². The van der Waals surface area contributed by atoms with Crippen molar-refractivity contribution in [2.45, 2.75) is 19.5 Å². The van der Waals surface area contributed by atoms with Crippen molar-refractivity contribution in [3.63, 3.8) is 0 Å². The Bertz CT molecular complexity index is 739. The van der Waals surface area contributed by atoms with Gasteiger partial charge in [0.15, 0.2) is 5.49 Å². The second kappa shape index (κ2) is 6.37. The average Bonchev–Trinajstić information content (AvgIpc) is 2.88. The van der Waals surface area contributed by atoms with Crippen molar-refractivity contribution < 1.29 is 0 Å². The highest BCUT2D eigenvalue weighted by atomic mass is 35.5. The highest BCUT2D eigenvalue weighted by Gasteiger charge is 2.20. The molecule has 22 heavy (non-hydrogen) atoms. The van der Waals surface area contributed by atoms with E-state index < -0.39 is 0 Å². The molecular weight excluding hydrogens is 300 g/mol. The van der Waals surface area contributed by atoms with E-state index >= 15 is 0 Å². The monoisotopic (exact) mass is 318 g/mol. The number of rotatable bonds is 4. The van der Waals surface area contributed by atoms with Crippen molar-refractivity contribution in [2.24, 2.45) is 4.99 Å². The molecule has 3 rings (SSSR count). The van der Waals surface area contributed by atoms with Gasteiger partial charge in [-0.05, 0) is 45.1 Å². The number of halogens is 1. The SMILES string of the molecule is CNCCC1Nc2nc(C)cc(=Nc3cccc(Cl)c3)n2N1. The molecule has 0 spiro atoms. The molecule has 0 saturated heterocycles. The molecule has 1 aliphatic rings. The van der Waals surface area contributed by atoms with Gasteiger partial charge >= 0.3 is 0 Å². The van der Waals surface area contributed by atoms with Gasteiger partial charge in [-0.25, -0.2) is 14.7 Å². The number of nitrogens with one attached hydrogen (secondary N) is 3. The van der Waals surface area contributed by atoms with Gasteiger partial charge < -0.3 is 10.6 Å². The van der Waals surface area contributed by atoms with Gasteiger partial charge in [0, 0.05) is 16.8 Å². The van der Waals surface area contributed by atoms with Crippen molar-refractivity contribution in [3.05, 3.63) is 46.5 Å². The van der Waals surface area contributed by atoms with Crippen LogP contribution in [0.25, 0.3) is 0 Å². The quantitative estimate of drug-likeness (QED) is 0.806. The molecule has 0 saturated carbocycles. The molecule has 2 heterocycles. The van der Waals surface area contributed by atoms with Gasteiger partial charge in [0.2, 0.25) is 5.95 Å². The van der Waals surface area contributed by atoms with Crippen molar-refractivity contribution in [1.29, 1.82) is 0 Å². The van der Waals surface area contributed by atoms with Crippen LogP contribution in [-0.4, -0.2) is 29.4 Å². The number of aryl methyl sites for hydroxylation is 1. The summed E-state index contributed by atoms with van der Waals surface area (Å²) in [6.45, 7) is 2.87. The fourth-order valence-electron chi connectivity index (χ4n) is 2.36. The summed E-state index contributed by atoms with van der Waals surface area (Å²) in [6, 6.07) is 9.44. The molecule has 2 aromatic rings. The first kappa shape index (κ1) is 14.9. The molecule has 1 aromatic heterocycles. The summed E-state index contributed by atoms with van der Waals surface area (Å²) in [5.41, 5.74) is 5.90. The van der Waals surface area contributed by atoms with Crippen LogP contribution in [0.15, 0.2) is 35.3 Å². The third-order valence-corrected chi connectivity index (χ3v) is 3.62. The zero-order chi connectivity index (χ0) is 15.5. The lowest BCUT2D eigenvalue weighted by Gasteiger charge is -2.10. The van der Waals surface area contributed by atoms with Gasteiger partial charge in [-0.3, -0.25) is 5.43 Å². The standard InChI is InChI=1S/C15H19ClN6/c1-10-8-14(19-12-5-3-4-11(16)9-12)22-15(18-10)20-13(21-22)6-7-17-2/h3-5,8-9,13,17,21H,6-7H2,1-2H3,(H,18,20). The smallest absolute Gasteiger partial charge is 0.225 e. The summed E-state index contributed by atoms with van der Waals surface area (Å²) < 4.78 is 1.88. The lowest BCUT2D eigenvalue weighted by Crippen LogP contribution is -2.33. The number of hydrogen-bond donors (Lipinski definition) is 3. The van der Waals surface area contributed by atoms with Gasteiger partial charge in [0.05, 0.1) is 5.69 Å². The molecule has 0 radical (unpaired) electrons. The third kappa shape index (κ3) is 3.23. The van der Waals surface area contributed by atoms with Crippen LogP contribution in [0.2, 0.25) is 5.02 Å². The molecule has 0 amide bonds. The van der Waals surface area contributed by atoms with Gasteiger partial charge in [-0.2, -0.15) is 0 Å². The summed E-state index contributed by atoms with van der Waals surface area (Å²) in [5, 5.41) is 7.18. The molecule has 0 fully saturated rings. The topological polar surface area (TPSA) is 66.3 Å². The molecule has 1 aromatic carbocycles. The molecule has 3 N–H and O–H groups in total. The normalized spacial score (nSPS) is 17.0. The Morgan fingerprint density at radius 1 is 1.41 bits per heavy atom. The van der Waals surface area contributed by atoms with Crippen LogP contribution in [0.4, 0.5) is 11.6 Å². The maximum absolute atomic E-state index is 6.03. The van der Waals surface area contributed by atoms with Gasteiger partial charge in [0.1, 0.15) is 6.17 Å². The molecule has 1 aliphatic heterocycles. The molecule has 1 unspecified atom stereocenters. The zero-order valence-corrected chi connectivity index (χ0v) is 13.4. The van der Waals surface area contributed by atoms with Gasteiger partial charge in [-0.15, -0.1) is 0 Å². The van der Waals surface area contributed by atoms with E-state index in [0.717, 1.165) is 35.8 Å². The number of aromatic nitrogens is 2. The molecule has 0 bridgehead atoms. The Labute approximate surface area is 134 Å². The van der Waals surface area contributed by atoms with E-state index in [1.807, 2.05) is 49.0 Å².